The minimum atomic E-state index is -0.435. The van der Waals surface area contributed by atoms with Crippen molar-refractivity contribution in [2.24, 2.45) is 0 Å². The molecule has 2 aromatic carbocycles. The number of alkyl halides is 1. The van der Waals surface area contributed by atoms with E-state index in [1.165, 1.54) is 6.07 Å². The minimum Gasteiger partial charge on any atom is -0.493 e. The van der Waals surface area contributed by atoms with Gasteiger partial charge < -0.3 is 9.47 Å². The molecule has 0 heterocycles. The van der Waals surface area contributed by atoms with Crippen molar-refractivity contribution in [2.45, 2.75) is 11.9 Å². The zero-order valence-electron chi connectivity index (χ0n) is 10.8. The number of hydrogen-bond donors (Lipinski definition) is 0. The van der Waals surface area contributed by atoms with Gasteiger partial charge in [-0.2, -0.15) is 0 Å². The second kappa shape index (κ2) is 6.95. The van der Waals surface area contributed by atoms with Crippen molar-refractivity contribution in [1.82, 2.24) is 0 Å². The number of rotatable bonds is 5. The van der Waals surface area contributed by atoms with Crippen LogP contribution in [0.4, 0.5) is 4.39 Å². The predicted molar refractivity (Wildman–Crippen MR) is 81.4 cm³/mol. The summed E-state index contributed by atoms with van der Waals surface area (Å²) in [6.07, 6.45) is 0. The van der Waals surface area contributed by atoms with Gasteiger partial charge in [0.1, 0.15) is 12.4 Å². The second-order valence-electron chi connectivity index (χ2n) is 4.16. The van der Waals surface area contributed by atoms with E-state index in [2.05, 4.69) is 15.9 Å². The van der Waals surface area contributed by atoms with Gasteiger partial charge in [0.05, 0.1) is 12.1 Å². The number of ether oxygens (including phenoxy) is 2. The first kappa shape index (κ1) is 15.1. The maximum atomic E-state index is 13.1. The van der Waals surface area contributed by atoms with E-state index in [1.54, 1.807) is 19.2 Å². The highest BCUT2D eigenvalue weighted by molar-refractivity contribution is 9.08. The van der Waals surface area contributed by atoms with Gasteiger partial charge in [-0.15, -0.1) is 0 Å². The Kier molecular flexibility index (Phi) is 5.26. The van der Waals surface area contributed by atoms with Crippen LogP contribution in [0.25, 0.3) is 0 Å². The van der Waals surface area contributed by atoms with E-state index >= 15 is 0 Å². The lowest BCUT2D eigenvalue weighted by Crippen LogP contribution is -1.98. The normalized spacial score (nSPS) is 10.4. The SMILES string of the molecule is COc1cc(CBr)ccc1OCc1ccc(F)c(Cl)c1. The molecular formula is C15H13BrClFO2. The summed E-state index contributed by atoms with van der Waals surface area (Å²) in [7, 11) is 1.59. The highest BCUT2D eigenvalue weighted by Crippen LogP contribution is 2.29. The Morgan fingerprint density at radius 2 is 1.85 bits per heavy atom. The van der Waals surface area contributed by atoms with Crippen LogP contribution in [0.5, 0.6) is 11.5 Å². The van der Waals surface area contributed by atoms with Crippen LogP contribution in [-0.4, -0.2) is 7.11 Å². The molecule has 0 bridgehead atoms. The first-order chi connectivity index (χ1) is 9.63. The van der Waals surface area contributed by atoms with E-state index < -0.39 is 5.82 Å². The average molecular weight is 360 g/mol. The van der Waals surface area contributed by atoms with E-state index in [0.29, 0.717) is 18.1 Å². The van der Waals surface area contributed by atoms with Crippen LogP contribution in [-0.2, 0) is 11.9 Å². The first-order valence-corrected chi connectivity index (χ1v) is 7.43. The summed E-state index contributed by atoms with van der Waals surface area (Å²) < 4.78 is 24.0. The van der Waals surface area contributed by atoms with Gasteiger partial charge in [-0.3, -0.25) is 0 Å². The van der Waals surface area contributed by atoms with Crippen LogP contribution in [0.15, 0.2) is 36.4 Å². The summed E-state index contributed by atoms with van der Waals surface area (Å²) in [4.78, 5) is 0. The highest BCUT2D eigenvalue weighted by atomic mass is 79.9. The van der Waals surface area contributed by atoms with Crippen molar-refractivity contribution in [3.63, 3.8) is 0 Å². The Morgan fingerprint density at radius 3 is 2.50 bits per heavy atom. The van der Waals surface area contributed by atoms with Gasteiger partial charge in [-0.25, -0.2) is 4.39 Å². The zero-order chi connectivity index (χ0) is 14.5. The van der Waals surface area contributed by atoms with Crippen LogP contribution in [0.3, 0.4) is 0 Å². The smallest absolute Gasteiger partial charge is 0.161 e. The molecule has 0 aliphatic rings. The van der Waals surface area contributed by atoms with Crippen molar-refractivity contribution >= 4 is 27.5 Å². The third kappa shape index (κ3) is 3.64. The summed E-state index contributed by atoms with van der Waals surface area (Å²) >= 11 is 9.12. The molecule has 106 valence electrons. The van der Waals surface area contributed by atoms with Crippen molar-refractivity contribution in [3.8, 4) is 11.5 Å². The topological polar surface area (TPSA) is 18.5 Å². The lowest BCUT2D eigenvalue weighted by Gasteiger charge is -2.12. The third-order valence-corrected chi connectivity index (χ3v) is 3.70. The Bertz CT molecular complexity index is 604. The lowest BCUT2D eigenvalue weighted by molar-refractivity contribution is 0.284. The molecule has 0 spiro atoms. The number of methoxy groups -OCH3 is 1. The first-order valence-electron chi connectivity index (χ1n) is 5.93. The molecule has 0 atom stereocenters. The van der Waals surface area contributed by atoms with E-state index in [-0.39, 0.29) is 5.02 Å². The molecule has 0 N–H and O–H groups in total. The summed E-state index contributed by atoms with van der Waals surface area (Å²) in [5, 5.41) is 0.838. The predicted octanol–water partition coefficient (Wildman–Crippen LogP) is 4.96. The highest BCUT2D eigenvalue weighted by Gasteiger charge is 2.07. The Balaban J connectivity index is 2.12. The zero-order valence-corrected chi connectivity index (χ0v) is 13.2. The summed E-state index contributed by atoms with van der Waals surface area (Å²) in [6, 6.07) is 10.2. The van der Waals surface area contributed by atoms with Crippen molar-refractivity contribution in [2.75, 3.05) is 7.11 Å². The summed E-state index contributed by atoms with van der Waals surface area (Å²) in [5.74, 6) is 0.863. The molecule has 2 nitrogen and oxygen atoms in total. The summed E-state index contributed by atoms with van der Waals surface area (Å²) in [6.45, 7) is 0.296. The van der Waals surface area contributed by atoms with Crippen molar-refractivity contribution in [1.29, 1.82) is 0 Å². The maximum absolute atomic E-state index is 13.1. The van der Waals surface area contributed by atoms with Crippen molar-refractivity contribution < 1.29 is 13.9 Å². The van der Waals surface area contributed by atoms with E-state index in [1.807, 2.05) is 18.2 Å². The van der Waals surface area contributed by atoms with Gasteiger partial charge in [-0.1, -0.05) is 39.7 Å². The molecule has 0 aliphatic heterocycles. The molecule has 0 amide bonds. The van der Waals surface area contributed by atoms with Gasteiger partial charge in [0.25, 0.3) is 0 Å². The Hall–Kier alpha value is -1.26. The van der Waals surface area contributed by atoms with E-state index in [0.717, 1.165) is 16.5 Å². The molecule has 5 heteroatoms. The summed E-state index contributed by atoms with van der Waals surface area (Å²) in [5.41, 5.74) is 1.89. The van der Waals surface area contributed by atoms with Gasteiger partial charge in [0.15, 0.2) is 11.5 Å². The van der Waals surface area contributed by atoms with Crippen LogP contribution < -0.4 is 9.47 Å². The second-order valence-corrected chi connectivity index (χ2v) is 5.12. The fourth-order valence-electron chi connectivity index (χ4n) is 1.70. The number of halogens is 3. The van der Waals surface area contributed by atoms with Gasteiger partial charge >= 0.3 is 0 Å². The third-order valence-electron chi connectivity index (χ3n) is 2.76. The molecule has 20 heavy (non-hydrogen) atoms. The average Bonchev–Trinajstić information content (AvgIpc) is 2.48. The fourth-order valence-corrected chi connectivity index (χ4v) is 2.26. The molecule has 0 saturated heterocycles. The molecule has 0 aliphatic carbocycles. The monoisotopic (exact) mass is 358 g/mol. The lowest BCUT2D eigenvalue weighted by atomic mass is 10.2. The van der Waals surface area contributed by atoms with E-state index in [4.69, 9.17) is 21.1 Å². The Morgan fingerprint density at radius 1 is 1.10 bits per heavy atom. The molecule has 0 fully saturated rings. The van der Waals surface area contributed by atoms with Crippen LogP contribution in [0, 0.1) is 5.82 Å². The number of benzene rings is 2. The van der Waals surface area contributed by atoms with Gasteiger partial charge in [-0.05, 0) is 35.4 Å². The molecule has 0 aromatic heterocycles. The maximum Gasteiger partial charge on any atom is 0.161 e. The number of hydrogen-bond acceptors (Lipinski definition) is 2. The molecule has 0 radical (unpaired) electrons. The molecule has 0 saturated carbocycles. The Labute approximate surface area is 130 Å². The largest absolute Gasteiger partial charge is 0.493 e. The van der Waals surface area contributed by atoms with Crippen LogP contribution >= 0.6 is 27.5 Å². The quantitative estimate of drug-likeness (QED) is 0.702. The fraction of sp³-hybridized carbons (Fsp3) is 0.200. The molecule has 2 aromatic rings. The van der Waals surface area contributed by atoms with Gasteiger partial charge in [0, 0.05) is 5.33 Å². The van der Waals surface area contributed by atoms with E-state index in [9.17, 15) is 4.39 Å². The standard InChI is InChI=1S/C15H13BrClFO2/c1-19-15-7-10(8-16)3-5-14(15)20-9-11-2-4-13(18)12(17)6-11/h2-7H,8-9H2,1H3. The van der Waals surface area contributed by atoms with Crippen LogP contribution in [0.2, 0.25) is 5.02 Å². The van der Waals surface area contributed by atoms with Gasteiger partial charge in [0.2, 0.25) is 0 Å². The van der Waals surface area contributed by atoms with Crippen molar-refractivity contribution in [3.05, 3.63) is 58.4 Å². The molecule has 0 unspecified atom stereocenters. The molecular weight excluding hydrogens is 347 g/mol. The molecule has 2 rings (SSSR count). The van der Waals surface area contributed by atoms with Crippen LogP contribution in [0.1, 0.15) is 11.1 Å². The minimum absolute atomic E-state index is 0.0905.